The number of aliphatic hydroxyl groups is 1. The van der Waals surface area contributed by atoms with Crippen LogP contribution in [0.3, 0.4) is 0 Å². The molecule has 15 heavy (non-hydrogen) atoms. The third-order valence-corrected chi connectivity index (χ3v) is 1.84. The molecule has 1 rings (SSSR count). The lowest BCUT2D eigenvalue weighted by Gasteiger charge is -2.12. The zero-order valence-corrected chi connectivity index (χ0v) is 7.77. The molecule has 0 spiro atoms. The Morgan fingerprint density at radius 1 is 1.53 bits per heavy atom. The van der Waals surface area contributed by atoms with Crippen molar-refractivity contribution in [3.8, 4) is 11.5 Å². The molecule has 0 bridgehead atoms. The Balaban J connectivity index is 3.30. The predicted octanol–water partition coefficient (Wildman–Crippen LogP) is 0.658. The first-order chi connectivity index (χ1) is 6.99. The number of ether oxygens (including phenoxy) is 1. The maximum Gasteiger partial charge on any atom is 0.337 e. The van der Waals surface area contributed by atoms with Crippen LogP contribution in [-0.4, -0.2) is 28.4 Å². The van der Waals surface area contributed by atoms with Gasteiger partial charge in [-0.15, -0.1) is 0 Å². The number of carbonyl (C=O) groups is 1. The third kappa shape index (κ3) is 1.99. The second kappa shape index (κ2) is 4.14. The average molecular weight is 216 g/mol. The summed E-state index contributed by atoms with van der Waals surface area (Å²) < 4.78 is 17.8. The number of halogens is 1. The second-order valence-corrected chi connectivity index (χ2v) is 2.76. The van der Waals surface area contributed by atoms with Gasteiger partial charge in [-0.1, -0.05) is 0 Å². The molecule has 0 saturated carbocycles. The fraction of sp³-hybridized carbons (Fsp3) is 0.222. The number of hydrogen-bond acceptors (Lipinski definition) is 4. The summed E-state index contributed by atoms with van der Waals surface area (Å²) in [4.78, 5) is 10.5. The van der Waals surface area contributed by atoms with Gasteiger partial charge in [-0.3, -0.25) is 0 Å². The van der Waals surface area contributed by atoms with Gasteiger partial charge in [-0.05, 0) is 12.1 Å². The SMILES string of the molecule is COc1c(C(O)C(=O)O)ccc(O)c1F. The van der Waals surface area contributed by atoms with E-state index in [1.165, 1.54) is 0 Å². The highest BCUT2D eigenvalue weighted by atomic mass is 19.1. The molecular weight excluding hydrogens is 207 g/mol. The zero-order valence-electron chi connectivity index (χ0n) is 7.77. The van der Waals surface area contributed by atoms with Gasteiger partial charge in [0.05, 0.1) is 7.11 Å². The third-order valence-electron chi connectivity index (χ3n) is 1.84. The van der Waals surface area contributed by atoms with Gasteiger partial charge >= 0.3 is 5.97 Å². The number of methoxy groups -OCH3 is 1. The lowest BCUT2D eigenvalue weighted by Crippen LogP contribution is -2.12. The number of carboxylic acids is 1. The van der Waals surface area contributed by atoms with E-state index in [2.05, 4.69) is 4.74 Å². The first-order valence-corrected chi connectivity index (χ1v) is 3.95. The van der Waals surface area contributed by atoms with Crippen molar-refractivity contribution in [2.24, 2.45) is 0 Å². The van der Waals surface area contributed by atoms with Crippen LogP contribution >= 0.6 is 0 Å². The molecule has 0 aliphatic rings. The van der Waals surface area contributed by atoms with Crippen LogP contribution in [-0.2, 0) is 4.79 Å². The Bertz CT molecular complexity index is 390. The molecule has 0 aromatic heterocycles. The molecule has 0 saturated heterocycles. The molecule has 1 aromatic rings. The number of hydrogen-bond donors (Lipinski definition) is 3. The minimum atomic E-state index is -1.89. The number of rotatable bonds is 3. The maximum absolute atomic E-state index is 13.2. The Morgan fingerprint density at radius 3 is 2.60 bits per heavy atom. The molecule has 0 aliphatic heterocycles. The van der Waals surface area contributed by atoms with Crippen LogP contribution in [0, 0.1) is 5.82 Å². The highest BCUT2D eigenvalue weighted by Crippen LogP contribution is 2.33. The van der Waals surface area contributed by atoms with Crippen LogP contribution in [0.15, 0.2) is 12.1 Å². The monoisotopic (exact) mass is 216 g/mol. The van der Waals surface area contributed by atoms with Gasteiger partial charge in [-0.2, -0.15) is 4.39 Å². The molecule has 0 aliphatic carbocycles. The Kier molecular flexibility index (Phi) is 3.11. The van der Waals surface area contributed by atoms with E-state index in [0.29, 0.717) is 0 Å². The van der Waals surface area contributed by atoms with Gasteiger partial charge in [0.2, 0.25) is 5.82 Å². The Morgan fingerprint density at radius 2 is 2.13 bits per heavy atom. The predicted molar refractivity (Wildman–Crippen MR) is 47.2 cm³/mol. The lowest BCUT2D eigenvalue weighted by molar-refractivity contribution is -0.147. The fourth-order valence-corrected chi connectivity index (χ4v) is 1.12. The summed E-state index contributed by atoms with van der Waals surface area (Å²) in [6.07, 6.45) is -1.89. The first kappa shape index (κ1) is 11.3. The van der Waals surface area contributed by atoms with Crippen molar-refractivity contribution >= 4 is 5.97 Å². The van der Waals surface area contributed by atoms with Gasteiger partial charge in [0.25, 0.3) is 0 Å². The molecule has 0 heterocycles. The van der Waals surface area contributed by atoms with Gasteiger partial charge in [0, 0.05) is 5.56 Å². The van der Waals surface area contributed by atoms with Crippen LogP contribution in [0.4, 0.5) is 4.39 Å². The van der Waals surface area contributed by atoms with E-state index in [-0.39, 0.29) is 5.56 Å². The molecule has 3 N–H and O–H groups in total. The molecule has 1 atom stereocenters. The van der Waals surface area contributed by atoms with Crippen molar-refractivity contribution in [3.63, 3.8) is 0 Å². The van der Waals surface area contributed by atoms with Crippen molar-refractivity contribution < 1.29 is 29.2 Å². The number of aliphatic carboxylic acids is 1. The van der Waals surface area contributed by atoms with E-state index in [4.69, 9.17) is 10.2 Å². The summed E-state index contributed by atoms with van der Waals surface area (Å²) in [5.74, 6) is -3.79. The van der Waals surface area contributed by atoms with Gasteiger partial charge in [0.1, 0.15) is 0 Å². The van der Waals surface area contributed by atoms with E-state index >= 15 is 0 Å². The van der Waals surface area contributed by atoms with Crippen molar-refractivity contribution in [1.82, 2.24) is 0 Å². The van der Waals surface area contributed by atoms with Crippen molar-refractivity contribution in [3.05, 3.63) is 23.5 Å². The van der Waals surface area contributed by atoms with E-state index in [0.717, 1.165) is 19.2 Å². The molecule has 82 valence electrons. The highest BCUT2D eigenvalue weighted by molar-refractivity contribution is 5.75. The molecule has 5 nitrogen and oxygen atoms in total. The normalized spacial score (nSPS) is 12.2. The number of aromatic hydroxyl groups is 1. The van der Waals surface area contributed by atoms with Crippen LogP contribution in [0.2, 0.25) is 0 Å². The quantitative estimate of drug-likeness (QED) is 0.690. The van der Waals surface area contributed by atoms with E-state index < -0.39 is 29.4 Å². The summed E-state index contributed by atoms with van der Waals surface area (Å²) in [5.41, 5.74) is -0.250. The van der Waals surface area contributed by atoms with Crippen molar-refractivity contribution in [1.29, 1.82) is 0 Å². The van der Waals surface area contributed by atoms with Gasteiger partial charge in [-0.25, -0.2) is 4.79 Å². The largest absolute Gasteiger partial charge is 0.505 e. The van der Waals surface area contributed by atoms with Crippen LogP contribution in [0.5, 0.6) is 11.5 Å². The molecule has 0 radical (unpaired) electrons. The van der Waals surface area contributed by atoms with E-state index in [9.17, 15) is 14.3 Å². The molecule has 6 heteroatoms. The fourth-order valence-electron chi connectivity index (χ4n) is 1.12. The van der Waals surface area contributed by atoms with Crippen molar-refractivity contribution in [2.75, 3.05) is 7.11 Å². The Labute approximate surface area is 84.3 Å². The molecule has 1 aromatic carbocycles. The standard InChI is InChI=1S/C9H9FO5/c1-15-8-4(7(12)9(13)14)2-3-5(11)6(8)10/h2-3,7,11-12H,1H3,(H,13,14). The maximum atomic E-state index is 13.2. The van der Waals surface area contributed by atoms with Crippen LogP contribution in [0.25, 0.3) is 0 Å². The van der Waals surface area contributed by atoms with Crippen molar-refractivity contribution in [2.45, 2.75) is 6.10 Å². The Hall–Kier alpha value is -1.82. The zero-order chi connectivity index (χ0) is 11.6. The summed E-state index contributed by atoms with van der Waals surface area (Å²) >= 11 is 0. The summed E-state index contributed by atoms with van der Waals surface area (Å²) in [6.45, 7) is 0. The smallest absolute Gasteiger partial charge is 0.337 e. The lowest BCUT2D eigenvalue weighted by atomic mass is 10.1. The highest BCUT2D eigenvalue weighted by Gasteiger charge is 2.24. The number of phenolic OH excluding ortho intramolecular Hbond substituents is 1. The minimum Gasteiger partial charge on any atom is -0.505 e. The van der Waals surface area contributed by atoms with Gasteiger partial charge < -0.3 is 20.1 Å². The molecule has 0 fully saturated rings. The average Bonchev–Trinajstić information content (AvgIpc) is 2.20. The minimum absolute atomic E-state index is 0.250. The van der Waals surface area contributed by atoms with E-state index in [1.807, 2.05) is 0 Å². The number of carboxylic acid groups (broad SMARTS) is 1. The van der Waals surface area contributed by atoms with Crippen LogP contribution < -0.4 is 4.74 Å². The number of phenols is 1. The number of benzene rings is 1. The summed E-state index contributed by atoms with van der Waals surface area (Å²) in [5, 5.41) is 26.7. The molecular formula is C9H9FO5. The summed E-state index contributed by atoms with van der Waals surface area (Å²) in [6, 6.07) is 2.02. The number of aliphatic hydroxyl groups excluding tert-OH is 1. The topological polar surface area (TPSA) is 87.0 Å². The second-order valence-electron chi connectivity index (χ2n) is 2.76. The molecule has 0 amide bonds. The van der Waals surface area contributed by atoms with Gasteiger partial charge in [0.15, 0.2) is 17.6 Å². The molecule has 1 unspecified atom stereocenters. The van der Waals surface area contributed by atoms with Crippen LogP contribution in [0.1, 0.15) is 11.7 Å². The summed E-state index contributed by atoms with van der Waals surface area (Å²) in [7, 11) is 1.11. The van der Waals surface area contributed by atoms with E-state index in [1.54, 1.807) is 0 Å². The first-order valence-electron chi connectivity index (χ1n) is 3.95.